The second-order valence-corrected chi connectivity index (χ2v) is 4.25. The summed E-state index contributed by atoms with van der Waals surface area (Å²) in [5, 5.41) is 10.6. The molecule has 0 unspecified atom stereocenters. The van der Waals surface area contributed by atoms with Crippen molar-refractivity contribution < 1.29 is 9.90 Å². The van der Waals surface area contributed by atoms with Crippen LogP contribution in [0.1, 0.15) is 16.9 Å². The Morgan fingerprint density at radius 1 is 1.64 bits per heavy atom. The van der Waals surface area contributed by atoms with E-state index in [1.165, 1.54) is 10.4 Å². The average molecular weight is 213 g/mol. The lowest BCUT2D eigenvalue weighted by molar-refractivity contribution is -0.131. The van der Waals surface area contributed by atoms with E-state index >= 15 is 0 Å². The third-order valence-electron chi connectivity index (χ3n) is 2.10. The summed E-state index contributed by atoms with van der Waals surface area (Å²) in [5.41, 5.74) is 1.22. The number of carbonyl (C=O) groups excluding carboxylic acids is 1. The Labute approximate surface area is 88.0 Å². The molecular weight excluding hydrogens is 198 g/mol. The molecule has 78 valence electrons. The summed E-state index contributed by atoms with van der Waals surface area (Å²) >= 11 is 1.66. The van der Waals surface area contributed by atoms with Crippen molar-refractivity contribution in [2.75, 3.05) is 13.7 Å². The van der Waals surface area contributed by atoms with Crippen LogP contribution in [-0.2, 0) is 11.3 Å². The lowest BCUT2D eigenvalue weighted by Crippen LogP contribution is -2.26. The second kappa shape index (κ2) is 5.12. The maximum atomic E-state index is 11.4. The minimum Gasteiger partial charge on any atom is -0.396 e. The third-order valence-corrected chi connectivity index (χ3v) is 3.11. The Kier molecular flexibility index (Phi) is 4.10. The number of thiophene rings is 1. The van der Waals surface area contributed by atoms with E-state index in [4.69, 9.17) is 5.11 Å². The van der Waals surface area contributed by atoms with Gasteiger partial charge in [-0.05, 0) is 23.9 Å². The monoisotopic (exact) mass is 213 g/mol. The molecule has 1 N–H and O–H groups in total. The maximum absolute atomic E-state index is 11.4. The van der Waals surface area contributed by atoms with Crippen molar-refractivity contribution in [3.63, 3.8) is 0 Å². The molecule has 0 aliphatic heterocycles. The third kappa shape index (κ3) is 2.82. The van der Waals surface area contributed by atoms with Gasteiger partial charge in [-0.15, -0.1) is 11.3 Å². The lowest BCUT2D eigenvalue weighted by atomic mass is 10.3. The summed E-state index contributed by atoms with van der Waals surface area (Å²) in [4.78, 5) is 14.2. The molecule has 0 aliphatic rings. The van der Waals surface area contributed by atoms with Gasteiger partial charge >= 0.3 is 0 Å². The van der Waals surface area contributed by atoms with Gasteiger partial charge in [-0.1, -0.05) is 0 Å². The Morgan fingerprint density at radius 2 is 2.36 bits per heavy atom. The standard InChI is InChI=1S/C10H15NO2S/c1-8-4-6-14-9(8)7-11(2)10(13)3-5-12/h4,6,12H,3,5,7H2,1-2H3. The van der Waals surface area contributed by atoms with E-state index in [-0.39, 0.29) is 18.9 Å². The highest BCUT2D eigenvalue weighted by molar-refractivity contribution is 7.10. The molecule has 1 rings (SSSR count). The minimum absolute atomic E-state index is 0.0136. The molecule has 1 aromatic rings. The van der Waals surface area contributed by atoms with Gasteiger partial charge in [0.15, 0.2) is 0 Å². The fraction of sp³-hybridized carbons (Fsp3) is 0.500. The molecule has 0 saturated heterocycles. The van der Waals surface area contributed by atoms with Gasteiger partial charge in [-0.3, -0.25) is 4.79 Å². The molecule has 0 bridgehead atoms. The van der Waals surface area contributed by atoms with Crippen molar-refractivity contribution in [1.29, 1.82) is 0 Å². The molecule has 0 aromatic carbocycles. The van der Waals surface area contributed by atoms with E-state index in [0.717, 1.165) is 0 Å². The molecule has 14 heavy (non-hydrogen) atoms. The number of aliphatic hydroxyl groups excluding tert-OH is 1. The quantitative estimate of drug-likeness (QED) is 0.821. The van der Waals surface area contributed by atoms with Gasteiger partial charge in [0.1, 0.15) is 0 Å². The first-order valence-electron chi connectivity index (χ1n) is 4.53. The molecule has 0 saturated carbocycles. The zero-order chi connectivity index (χ0) is 10.6. The van der Waals surface area contributed by atoms with E-state index in [1.54, 1.807) is 23.3 Å². The fourth-order valence-corrected chi connectivity index (χ4v) is 2.11. The van der Waals surface area contributed by atoms with E-state index in [9.17, 15) is 4.79 Å². The Balaban J connectivity index is 2.52. The van der Waals surface area contributed by atoms with E-state index in [0.29, 0.717) is 6.54 Å². The predicted octanol–water partition coefficient (Wildman–Crippen LogP) is 1.40. The topological polar surface area (TPSA) is 40.5 Å². The van der Waals surface area contributed by atoms with Crippen LogP contribution in [-0.4, -0.2) is 29.6 Å². The van der Waals surface area contributed by atoms with Gasteiger partial charge in [0, 0.05) is 18.3 Å². The van der Waals surface area contributed by atoms with Crippen molar-refractivity contribution in [3.8, 4) is 0 Å². The molecule has 0 spiro atoms. The van der Waals surface area contributed by atoms with Crippen molar-refractivity contribution >= 4 is 17.2 Å². The normalized spacial score (nSPS) is 10.2. The number of aryl methyl sites for hydroxylation is 1. The molecular formula is C10H15NO2S. The number of carbonyl (C=O) groups is 1. The van der Waals surface area contributed by atoms with Crippen LogP contribution in [0.4, 0.5) is 0 Å². The molecule has 1 amide bonds. The van der Waals surface area contributed by atoms with Gasteiger partial charge in [0.25, 0.3) is 0 Å². The number of rotatable bonds is 4. The van der Waals surface area contributed by atoms with Crippen LogP contribution in [0.2, 0.25) is 0 Å². The van der Waals surface area contributed by atoms with Gasteiger partial charge in [0.05, 0.1) is 13.2 Å². The van der Waals surface area contributed by atoms with Gasteiger partial charge in [-0.2, -0.15) is 0 Å². The Hall–Kier alpha value is -0.870. The van der Waals surface area contributed by atoms with Crippen LogP contribution >= 0.6 is 11.3 Å². The number of nitrogens with zero attached hydrogens (tertiary/aromatic N) is 1. The summed E-state index contributed by atoms with van der Waals surface area (Å²) < 4.78 is 0. The van der Waals surface area contributed by atoms with E-state index in [1.807, 2.05) is 18.4 Å². The first-order valence-corrected chi connectivity index (χ1v) is 5.41. The lowest BCUT2D eigenvalue weighted by Gasteiger charge is -2.16. The number of hydrogen-bond acceptors (Lipinski definition) is 3. The molecule has 0 fully saturated rings. The van der Waals surface area contributed by atoms with E-state index < -0.39 is 0 Å². The van der Waals surface area contributed by atoms with Crippen molar-refractivity contribution in [2.45, 2.75) is 19.9 Å². The highest BCUT2D eigenvalue weighted by Gasteiger charge is 2.10. The SMILES string of the molecule is Cc1ccsc1CN(C)C(=O)CCO. The Bertz CT molecular complexity index is 309. The van der Waals surface area contributed by atoms with Crippen LogP contribution in [0.15, 0.2) is 11.4 Å². The molecule has 0 atom stereocenters. The van der Waals surface area contributed by atoms with Gasteiger partial charge in [-0.25, -0.2) is 0 Å². The number of amides is 1. The molecule has 0 radical (unpaired) electrons. The smallest absolute Gasteiger partial charge is 0.224 e. The zero-order valence-electron chi connectivity index (χ0n) is 8.49. The summed E-state index contributed by atoms with van der Waals surface area (Å²) in [5.74, 6) is -0.0136. The highest BCUT2D eigenvalue weighted by Crippen LogP contribution is 2.17. The summed E-state index contributed by atoms with van der Waals surface area (Å²) in [6.07, 6.45) is 0.209. The van der Waals surface area contributed by atoms with Crippen LogP contribution in [0.5, 0.6) is 0 Å². The van der Waals surface area contributed by atoms with Crippen LogP contribution in [0.3, 0.4) is 0 Å². The zero-order valence-corrected chi connectivity index (χ0v) is 9.30. The number of aliphatic hydroxyl groups is 1. The highest BCUT2D eigenvalue weighted by atomic mass is 32.1. The second-order valence-electron chi connectivity index (χ2n) is 3.25. The molecule has 3 nitrogen and oxygen atoms in total. The maximum Gasteiger partial charge on any atom is 0.224 e. The van der Waals surface area contributed by atoms with Crippen molar-refractivity contribution in [2.24, 2.45) is 0 Å². The molecule has 0 aliphatic carbocycles. The molecule has 4 heteroatoms. The van der Waals surface area contributed by atoms with Crippen molar-refractivity contribution in [1.82, 2.24) is 4.90 Å². The van der Waals surface area contributed by atoms with Crippen LogP contribution in [0.25, 0.3) is 0 Å². The molecule has 1 heterocycles. The molecule has 1 aromatic heterocycles. The summed E-state index contributed by atoms with van der Waals surface area (Å²) in [7, 11) is 1.76. The van der Waals surface area contributed by atoms with E-state index in [2.05, 4.69) is 0 Å². The predicted molar refractivity (Wildman–Crippen MR) is 57.2 cm³/mol. The Morgan fingerprint density at radius 3 is 2.86 bits per heavy atom. The van der Waals surface area contributed by atoms with Crippen LogP contribution < -0.4 is 0 Å². The van der Waals surface area contributed by atoms with Gasteiger partial charge < -0.3 is 10.0 Å². The number of hydrogen-bond donors (Lipinski definition) is 1. The average Bonchev–Trinajstić information content (AvgIpc) is 2.52. The van der Waals surface area contributed by atoms with Gasteiger partial charge in [0.2, 0.25) is 5.91 Å². The summed E-state index contributed by atoms with van der Waals surface area (Å²) in [6, 6.07) is 2.05. The fourth-order valence-electron chi connectivity index (χ4n) is 1.16. The minimum atomic E-state index is -0.0768. The first kappa shape index (κ1) is 11.2. The summed E-state index contributed by atoms with van der Waals surface area (Å²) in [6.45, 7) is 2.60. The van der Waals surface area contributed by atoms with Crippen LogP contribution in [0, 0.1) is 6.92 Å². The van der Waals surface area contributed by atoms with Crippen molar-refractivity contribution in [3.05, 3.63) is 21.9 Å². The largest absolute Gasteiger partial charge is 0.396 e. The first-order chi connectivity index (χ1) is 6.65.